The van der Waals surface area contributed by atoms with E-state index in [9.17, 15) is 22.8 Å². The predicted molar refractivity (Wildman–Crippen MR) is 155 cm³/mol. The highest BCUT2D eigenvalue weighted by atomic mass is 35.5. The summed E-state index contributed by atoms with van der Waals surface area (Å²) in [5, 5.41) is 4.04. The van der Waals surface area contributed by atoms with E-state index in [0.717, 1.165) is 22.0 Å². The van der Waals surface area contributed by atoms with E-state index < -0.39 is 21.3 Å². The lowest BCUT2D eigenvalue weighted by atomic mass is 10.0. The second kappa shape index (κ2) is 11.2. The Labute approximate surface area is 239 Å². The molecule has 0 aromatic heterocycles. The number of anilines is 1. The van der Waals surface area contributed by atoms with Gasteiger partial charge in [0, 0.05) is 23.2 Å². The van der Waals surface area contributed by atoms with Gasteiger partial charge in [0.15, 0.2) is 5.75 Å². The highest BCUT2D eigenvalue weighted by molar-refractivity contribution is 8.18. The summed E-state index contributed by atoms with van der Waals surface area (Å²) in [6, 6.07) is 22.9. The van der Waals surface area contributed by atoms with Gasteiger partial charge in [0.1, 0.15) is 4.90 Å². The molecule has 4 aromatic rings. The molecule has 3 amide bonds. The molecule has 4 aromatic carbocycles. The Bertz CT molecular complexity index is 1800. The molecular weight excluding hydrogens is 572 g/mol. The van der Waals surface area contributed by atoms with Gasteiger partial charge in [0.05, 0.1) is 11.4 Å². The van der Waals surface area contributed by atoms with Crippen LogP contribution >= 0.6 is 23.4 Å². The normalized spacial score (nSPS) is 14.7. The minimum atomic E-state index is -4.29. The molecule has 40 heavy (non-hydrogen) atoms. The van der Waals surface area contributed by atoms with E-state index in [0.29, 0.717) is 27.2 Å². The van der Waals surface area contributed by atoms with Gasteiger partial charge in [-0.15, -0.1) is 0 Å². The highest BCUT2D eigenvalue weighted by Crippen LogP contribution is 2.38. The molecule has 8 nitrogen and oxygen atoms in total. The smallest absolute Gasteiger partial charge is 0.339 e. The maximum Gasteiger partial charge on any atom is 0.339 e. The summed E-state index contributed by atoms with van der Waals surface area (Å²) in [6.45, 7) is 1.39. The fourth-order valence-corrected chi connectivity index (χ4v) is 6.14. The summed E-state index contributed by atoms with van der Waals surface area (Å²) in [5.41, 5.74) is 1.47. The third-order valence-electron chi connectivity index (χ3n) is 5.97. The molecule has 1 heterocycles. The number of halogens is 1. The minimum Gasteiger partial charge on any atom is -0.378 e. The van der Waals surface area contributed by atoms with E-state index >= 15 is 0 Å². The lowest BCUT2D eigenvalue weighted by Gasteiger charge is -2.14. The third kappa shape index (κ3) is 5.89. The van der Waals surface area contributed by atoms with Crippen LogP contribution in [0.3, 0.4) is 0 Å². The Kier molecular flexibility index (Phi) is 7.66. The van der Waals surface area contributed by atoms with Gasteiger partial charge in [-0.3, -0.25) is 19.3 Å². The molecule has 1 aliphatic heterocycles. The summed E-state index contributed by atoms with van der Waals surface area (Å²) in [6.07, 6.45) is 1.48. The molecule has 5 rings (SSSR count). The van der Waals surface area contributed by atoms with Crippen molar-refractivity contribution in [1.29, 1.82) is 0 Å². The van der Waals surface area contributed by atoms with E-state index in [2.05, 4.69) is 5.32 Å². The first-order valence-corrected chi connectivity index (χ1v) is 14.5. The van der Waals surface area contributed by atoms with E-state index in [1.807, 2.05) is 12.1 Å². The predicted octanol–water partition coefficient (Wildman–Crippen LogP) is 6.46. The Morgan fingerprint density at radius 3 is 2.48 bits per heavy atom. The molecule has 0 atom stereocenters. The SMILES string of the molecule is CC(=O)Nc1ccc(S(=O)(=O)Oc2ccc3ccccc3c2/C=C2\SC(=O)N(Cc3cccc(Cl)c3)C2=O)cc1. The van der Waals surface area contributed by atoms with Crippen molar-refractivity contribution in [3.8, 4) is 5.75 Å². The van der Waals surface area contributed by atoms with Gasteiger partial charge in [0.2, 0.25) is 5.91 Å². The minimum absolute atomic E-state index is 0.00808. The second-order valence-electron chi connectivity index (χ2n) is 8.84. The van der Waals surface area contributed by atoms with Gasteiger partial charge in [-0.25, -0.2) is 0 Å². The summed E-state index contributed by atoms with van der Waals surface area (Å²) >= 11 is 6.82. The molecule has 0 aliphatic carbocycles. The monoisotopic (exact) mass is 592 g/mol. The van der Waals surface area contributed by atoms with Crippen LogP contribution in [-0.4, -0.2) is 30.4 Å². The lowest BCUT2D eigenvalue weighted by Crippen LogP contribution is -2.27. The van der Waals surface area contributed by atoms with Crippen LogP contribution in [0.25, 0.3) is 16.8 Å². The zero-order valence-electron chi connectivity index (χ0n) is 21.0. The van der Waals surface area contributed by atoms with Crippen molar-refractivity contribution in [1.82, 2.24) is 4.90 Å². The molecule has 1 saturated heterocycles. The van der Waals surface area contributed by atoms with Gasteiger partial charge in [0.25, 0.3) is 11.1 Å². The van der Waals surface area contributed by atoms with Crippen LogP contribution in [0.1, 0.15) is 18.1 Å². The fraction of sp³-hybridized carbons (Fsp3) is 0.0690. The molecule has 202 valence electrons. The standard InChI is InChI=1S/C29H21ClN2O6S2/c1-18(33)31-22-10-12-23(13-11-22)40(36,37)38-26-14-9-20-6-2-3-8-24(20)25(26)16-27-28(34)32(29(35)39-27)17-19-5-4-7-21(30)15-19/h2-16H,17H2,1H3,(H,31,33)/b27-16-. The number of fused-ring (bicyclic) bond motifs is 1. The maximum absolute atomic E-state index is 13.3. The molecule has 11 heteroatoms. The van der Waals surface area contributed by atoms with Crippen LogP contribution in [0, 0.1) is 0 Å². The number of nitrogens with one attached hydrogen (secondary N) is 1. The number of amides is 3. The van der Waals surface area contributed by atoms with Gasteiger partial charge in [-0.2, -0.15) is 8.42 Å². The second-order valence-corrected chi connectivity index (χ2v) is 11.8. The van der Waals surface area contributed by atoms with E-state index in [-0.39, 0.29) is 28.0 Å². The number of thioether (sulfide) groups is 1. The Hall–Kier alpha value is -4.12. The van der Waals surface area contributed by atoms with Crippen LogP contribution < -0.4 is 9.50 Å². The maximum atomic E-state index is 13.3. The molecule has 0 spiro atoms. The van der Waals surface area contributed by atoms with Crippen LogP contribution in [-0.2, 0) is 26.3 Å². The molecule has 1 fully saturated rings. The summed E-state index contributed by atoms with van der Waals surface area (Å²) in [4.78, 5) is 38.4. The van der Waals surface area contributed by atoms with Crippen molar-refractivity contribution in [3.05, 3.63) is 106 Å². The number of carbonyl (C=O) groups excluding carboxylic acids is 3. The van der Waals surface area contributed by atoms with Crippen LogP contribution in [0.5, 0.6) is 5.75 Å². The van der Waals surface area contributed by atoms with Gasteiger partial charge in [-0.1, -0.05) is 54.1 Å². The van der Waals surface area contributed by atoms with E-state index in [1.165, 1.54) is 43.3 Å². The molecule has 0 saturated carbocycles. The van der Waals surface area contributed by atoms with Gasteiger partial charge >= 0.3 is 10.1 Å². The summed E-state index contributed by atoms with van der Waals surface area (Å²) in [5.74, 6) is -0.804. The topological polar surface area (TPSA) is 110 Å². The fourth-order valence-electron chi connectivity index (χ4n) is 4.16. The zero-order valence-corrected chi connectivity index (χ0v) is 23.3. The Balaban J connectivity index is 1.50. The van der Waals surface area contributed by atoms with Crippen LogP contribution in [0.4, 0.5) is 10.5 Å². The van der Waals surface area contributed by atoms with Crippen molar-refractivity contribution < 1.29 is 27.0 Å². The zero-order chi connectivity index (χ0) is 28.4. The number of hydrogen-bond donors (Lipinski definition) is 1. The Morgan fingerprint density at radius 2 is 1.75 bits per heavy atom. The lowest BCUT2D eigenvalue weighted by molar-refractivity contribution is -0.123. The number of nitrogens with zero attached hydrogens (tertiary/aromatic N) is 1. The molecule has 0 bridgehead atoms. The summed E-state index contributed by atoms with van der Waals surface area (Å²) in [7, 11) is -4.29. The average molecular weight is 593 g/mol. The van der Waals surface area contributed by atoms with Crippen molar-refractivity contribution in [2.24, 2.45) is 0 Å². The quantitative estimate of drug-likeness (QED) is 0.194. The number of hydrogen-bond acceptors (Lipinski definition) is 7. The first-order valence-electron chi connectivity index (χ1n) is 11.9. The third-order valence-corrected chi connectivity index (χ3v) is 8.36. The summed E-state index contributed by atoms with van der Waals surface area (Å²) < 4.78 is 31.9. The van der Waals surface area contributed by atoms with Crippen molar-refractivity contribution in [2.45, 2.75) is 18.4 Å². The first kappa shape index (κ1) is 27.4. The van der Waals surface area contributed by atoms with Crippen molar-refractivity contribution >= 4 is 73.1 Å². The molecule has 1 N–H and O–H groups in total. The van der Waals surface area contributed by atoms with Gasteiger partial charge < -0.3 is 9.50 Å². The Morgan fingerprint density at radius 1 is 1.00 bits per heavy atom. The largest absolute Gasteiger partial charge is 0.378 e. The number of imide groups is 1. The van der Waals surface area contributed by atoms with Crippen molar-refractivity contribution in [2.75, 3.05) is 5.32 Å². The molecule has 0 unspecified atom stereocenters. The first-order chi connectivity index (χ1) is 19.1. The average Bonchev–Trinajstić information content (AvgIpc) is 3.17. The number of benzene rings is 4. The van der Waals surface area contributed by atoms with E-state index in [4.69, 9.17) is 15.8 Å². The molecular formula is C29H21ClN2O6S2. The van der Waals surface area contributed by atoms with Crippen molar-refractivity contribution in [3.63, 3.8) is 0 Å². The molecule has 1 aliphatic rings. The van der Waals surface area contributed by atoms with Crippen LogP contribution in [0.2, 0.25) is 5.02 Å². The highest BCUT2D eigenvalue weighted by Gasteiger charge is 2.35. The van der Waals surface area contributed by atoms with Gasteiger partial charge in [-0.05, 0) is 76.6 Å². The van der Waals surface area contributed by atoms with Crippen LogP contribution in [0.15, 0.2) is 94.7 Å². The van der Waals surface area contributed by atoms with E-state index in [1.54, 1.807) is 42.5 Å². The number of rotatable bonds is 7. The number of carbonyl (C=O) groups is 3. The molecule has 0 radical (unpaired) electrons.